The van der Waals surface area contributed by atoms with Gasteiger partial charge in [-0.05, 0) is 53.5 Å². The molecule has 152 valence electrons. The van der Waals surface area contributed by atoms with Gasteiger partial charge in [0.1, 0.15) is 5.75 Å². The lowest BCUT2D eigenvalue weighted by Gasteiger charge is -2.47. The summed E-state index contributed by atoms with van der Waals surface area (Å²) in [5.41, 5.74) is 3.08. The molecule has 8 heteroatoms. The maximum atomic E-state index is 12.8. The lowest BCUT2D eigenvalue weighted by molar-refractivity contribution is -0.139. The van der Waals surface area contributed by atoms with Gasteiger partial charge in [0, 0.05) is 18.8 Å². The summed E-state index contributed by atoms with van der Waals surface area (Å²) in [4.78, 5) is 16.6. The van der Waals surface area contributed by atoms with Crippen LogP contribution in [0.25, 0.3) is 0 Å². The summed E-state index contributed by atoms with van der Waals surface area (Å²) in [5, 5.41) is 3.51. The summed E-state index contributed by atoms with van der Waals surface area (Å²) >= 11 is 5.52. The van der Waals surface area contributed by atoms with E-state index in [9.17, 15) is 13.6 Å². The Labute approximate surface area is 173 Å². The second-order valence-electron chi connectivity index (χ2n) is 7.31. The first-order valence-corrected chi connectivity index (χ1v) is 9.82. The van der Waals surface area contributed by atoms with E-state index in [1.165, 1.54) is 23.3 Å². The molecule has 2 atom stereocenters. The summed E-state index contributed by atoms with van der Waals surface area (Å²) in [6.07, 6.45) is 0. The molecule has 4 rings (SSSR count). The normalized spacial score (nSPS) is 20.9. The lowest BCUT2D eigenvalue weighted by Crippen LogP contribution is -2.56. The number of anilines is 1. The predicted octanol–water partition coefficient (Wildman–Crippen LogP) is 3.99. The van der Waals surface area contributed by atoms with Crippen LogP contribution in [0.1, 0.15) is 30.0 Å². The van der Waals surface area contributed by atoms with Crippen molar-refractivity contribution < 1.29 is 18.3 Å². The fourth-order valence-corrected chi connectivity index (χ4v) is 4.29. The minimum Gasteiger partial charge on any atom is -0.435 e. The molecule has 2 aliphatic rings. The predicted molar refractivity (Wildman–Crippen MR) is 110 cm³/mol. The Balaban J connectivity index is 1.48. The summed E-state index contributed by atoms with van der Waals surface area (Å²) in [5.74, 6) is 0.428. The Morgan fingerprint density at radius 2 is 1.83 bits per heavy atom. The molecule has 5 nitrogen and oxygen atoms in total. The zero-order valence-corrected chi connectivity index (χ0v) is 16.7. The molecule has 0 spiro atoms. The highest BCUT2D eigenvalue weighted by molar-refractivity contribution is 7.80. The molecule has 0 aromatic heterocycles. The first-order valence-electron chi connectivity index (χ1n) is 9.41. The van der Waals surface area contributed by atoms with Gasteiger partial charge in [-0.2, -0.15) is 8.78 Å². The molecule has 2 heterocycles. The van der Waals surface area contributed by atoms with Crippen molar-refractivity contribution in [2.75, 3.05) is 25.0 Å². The van der Waals surface area contributed by atoms with E-state index >= 15 is 0 Å². The number of piperazine rings is 1. The number of rotatable bonds is 3. The van der Waals surface area contributed by atoms with Gasteiger partial charge in [-0.3, -0.25) is 4.79 Å². The third-order valence-corrected chi connectivity index (χ3v) is 5.75. The number of amides is 1. The van der Waals surface area contributed by atoms with Crippen molar-refractivity contribution in [2.24, 2.45) is 0 Å². The Hall–Kier alpha value is -2.74. The van der Waals surface area contributed by atoms with Crippen molar-refractivity contribution in [3.05, 3.63) is 59.7 Å². The van der Waals surface area contributed by atoms with Crippen LogP contribution < -0.4 is 10.1 Å². The van der Waals surface area contributed by atoms with Crippen LogP contribution in [0.15, 0.2) is 48.5 Å². The Kier molecular flexibility index (Phi) is 5.36. The zero-order chi connectivity index (χ0) is 20.5. The van der Waals surface area contributed by atoms with Gasteiger partial charge in [0.2, 0.25) is 5.91 Å². The van der Waals surface area contributed by atoms with E-state index in [-0.39, 0.29) is 24.2 Å². The van der Waals surface area contributed by atoms with E-state index in [2.05, 4.69) is 29.1 Å². The first kappa shape index (κ1) is 19.6. The van der Waals surface area contributed by atoms with Crippen molar-refractivity contribution in [1.29, 1.82) is 0 Å². The molecule has 2 aliphatic heterocycles. The number of nitrogens with one attached hydrogen (secondary N) is 1. The SMILES string of the molecule is CC1CN2C(=O)CN(C(=S)Nc3ccc(OC(F)F)cc3)CC2c2ccccc21. The quantitative estimate of drug-likeness (QED) is 0.766. The molecule has 0 bridgehead atoms. The highest BCUT2D eigenvalue weighted by Crippen LogP contribution is 2.38. The Morgan fingerprint density at radius 3 is 2.52 bits per heavy atom. The van der Waals surface area contributed by atoms with Gasteiger partial charge in [0.15, 0.2) is 5.11 Å². The average Bonchev–Trinajstić information content (AvgIpc) is 2.70. The maximum Gasteiger partial charge on any atom is 0.387 e. The second kappa shape index (κ2) is 7.94. The highest BCUT2D eigenvalue weighted by Gasteiger charge is 2.39. The minimum absolute atomic E-state index is 0.0368. The fourth-order valence-electron chi connectivity index (χ4n) is 4.03. The topological polar surface area (TPSA) is 44.8 Å². The molecular weight excluding hydrogens is 396 g/mol. The van der Waals surface area contributed by atoms with Crippen molar-refractivity contribution in [3.63, 3.8) is 0 Å². The number of hydrogen-bond acceptors (Lipinski definition) is 3. The summed E-state index contributed by atoms with van der Waals surface area (Å²) < 4.78 is 28.9. The third-order valence-electron chi connectivity index (χ3n) is 5.39. The smallest absolute Gasteiger partial charge is 0.387 e. The van der Waals surface area contributed by atoms with E-state index < -0.39 is 6.61 Å². The molecule has 2 unspecified atom stereocenters. The molecule has 1 amide bonds. The van der Waals surface area contributed by atoms with Gasteiger partial charge in [-0.1, -0.05) is 31.2 Å². The van der Waals surface area contributed by atoms with Crippen molar-refractivity contribution in [1.82, 2.24) is 9.80 Å². The van der Waals surface area contributed by atoms with Gasteiger partial charge >= 0.3 is 6.61 Å². The van der Waals surface area contributed by atoms with Gasteiger partial charge in [-0.25, -0.2) is 0 Å². The number of halogens is 2. The van der Waals surface area contributed by atoms with Crippen LogP contribution >= 0.6 is 12.2 Å². The summed E-state index contributed by atoms with van der Waals surface area (Å²) in [6, 6.07) is 14.3. The summed E-state index contributed by atoms with van der Waals surface area (Å²) in [7, 11) is 0. The largest absolute Gasteiger partial charge is 0.435 e. The lowest BCUT2D eigenvalue weighted by atomic mass is 9.85. The van der Waals surface area contributed by atoms with Crippen LogP contribution in [-0.2, 0) is 4.79 Å². The fraction of sp³-hybridized carbons (Fsp3) is 0.333. The van der Waals surface area contributed by atoms with E-state index in [1.807, 2.05) is 21.9 Å². The van der Waals surface area contributed by atoms with Crippen LogP contribution in [0.5, 0.6) is 5.75 Å². The van der Waals surface area contributed by atoms with Crippen LogP contribution in [0.4, 0.5) is 14.5 Å². The van der Waals surface area contributed by atoms with Gasteiger partial charge < -0.3 is 19.9 Å². The van der Waals surface area contributed by atoms with Crippen molar-refractivity contribution in [3.8, 4) is 5.75 Å². The summed E-state index contributed by atoms with van der Waals surface area (Å²) in [6.45, 7) is 0.804. The van der Waals surface area contributed by atoms with Gasteiger partial charge in [0.25, 0.3) is 0 Å². The molecule has 2 aromatic carbocycles. The molecule has 0 radical (unpaired) electrons. The molecular formula is C21H21F2N3O2S. The molecule has 1 saturated heterocycles. The average molecular weight is 417 g/mol. The molecule has 0 saturated carbocycles. The molecule has 29 heavy (non-hydrogen) atoms. The van der Waals surface area contributed by atoms with Crippen LogP contribution in [-0.4, -0.2) is 47.1 Å². The number of carbonyl (C=O) groups is 1. The number of ether oxygens (including phenoxy) is 1. The number of alkyl halides is 2. The van der Waals surface area contributed by atoms with Crippen molar-refractivity contribution >= 4 is 28.9 Å². The number of nitrogens with zero attached hydrogens (tertiary/aromatic N) is 2. The van der Waals surface area contributed by atoms with Crippen LogP contribution in [0.2, 0.25) is 0 Å². The van der Waals surface area contributed by atoms with Gasteiger partial charge in [-0.15, -0.1) is 0 Å². The Bertz CT molecular complexity index is 922. The number of carbonyl (C=O) groups excluding carboxylic acids is 1. The molecule has 1 fully saturated rings. The van der Waals surface area contributed by atoms with E-state index in [0.717, 1.165) is 0 Å². The number of thiocarbonyl (C=S) groups is 1. The van der Waals surface area contributed by atoms with Crippen LogP contribution in [0.3, 0.4) is 0 Å². The van der Waals surface area contributed by atoms with Crippen LogP contribution in [0, 0.1) is 0 Å². The third kappa shape index (κ3) is 4.03. The second-order valence-corrected chi connectivity index (χ2v) is 7.69. The number of fused-ring (bicyclic) bond motifs is 3. The van der Waals surface area contributed by atoms with E-state index in [0.29, 0.717) is 29.8 Å². The molecule has 0 aliphatic carbocycles. The first-order chi connectivity index (χ1) is 13.9. The van der Waals surface area contributed by atoms with Crippen molar-refractivity contribution in [2.45, 2.75) is 25.5 Å². The van der Waals surface area contributed by atoms with E-state index in [1.54, 1.807) is 12.1 Å². The van der Waals surface area contributed by atoms with Gasteiger partial charge in [0.05, 0.1) is 12.6 Å². The number of hydrogen-bond donors (Lipinski definition) is 1. The Morgan fingerprint density at radius 1 is 1.14 bits per heavy atom. The highest BCUT2D eigenvalue weighted by atomic mass is 32.1. The standard InChI is InChI=1S/C21H21F2N3O2S/c1-13-10-26-18(17-5-3-2-4-16(13)17)11-25(12-19(26)27)21(29)24-14-6-8-15(9-7-14)28-20(22)23/h2-9,13,18,20H,10-12H2,1H3,(H,24,29). The van der Waals surface area contributed by atoms with E-state index in [4.69, 9.17) is 12.2 Å². The number of benzene rings is 2. The maximum absolute atomic E-state index is 12.8. The monoisotopic (exact) mass is 417 g/mol. The zero-order valence-electron chi connectivity index (χ0n) is 15.8. The minimum atomic E-state index is -2.86. The molecule has 1 N–H and O–H groups in total. The molecule has 2 aromatic rings.